The number of nitrogens with one attached hydrogen (secondary N) is 1. The van der Waals surface area contributed by atoms with Crippen molar-refractivity contribution in [3.05, 3.63) is 77.0 Å². The summed E-state index contributed by atoms with van der Waals surface area (Å²) in [6, 6.07) is 8.11. The number of carbonyl (C=O) groups excluding carboxylic acids is 1. The van der Waals surface area contributed by atoms with E-state index in [1.807, 2.05) is 5.32 Å². The Morgan fingerprint density at radius 2 is 1.93 bits per heavy atom. The first-order valence-corrected chi connectivity index (χ1v) is 8.27. The zero-order chi connectivity index (χ0) is 21.2. The van der Waals surface area contributed by atoms with Crippen LogP contribution in [0.25, 0.3) is 5.57 Å². The number of aromatic nitrogens is 1. The second kappa shape index (κ2) is 7.92. The zero-order valence-electron chi connectivity index (χ0n) is 14.7. The quantitative estimate of drug-likeness (QED) is 0.659. The number of pyridine rings is 1. The normalized spacial score (nSPS) is 16.9. The highest BCUT2D eigenvalue weighted by atomic mass is 19.4. The number of amides is 1. The molecular weight excluding hydrogens is 394 g/mol. The lowest BCUT2D eigenvalue weighted by atomic mass is 9.96. The third-order valence-corrected chi connectivity index (χ3v) is 4.09. The van der Waals surface area contributed by atoms with Crippen molar-refractivity contribution >= 4 is 11.5 Å². The predicted octanol–water partition coefficient (Wildman–Crippen LogP) is 2.41. The van der Waals surface area contributed by atoms with Gasteiger partial charge in [0.2, 0.25) is 5.91 Å². The van der Waals surface area contributed by atoms with Crippen LogP contribution in [0, 0.1) is 5.82 Å². The van der Waals surface area contributed by atoms with Gasteiger partial charge in [0.05, 0.1) is 5.57 Å². The van der Waals surface area contributed by atoms with E-state index < -0.39 is 35.4 Å². The van der Waals surface area contributed by atoms with E-state index in [2.05, 4.69) is 4.98 Å². The molecule has 1 amide bonds. The molecule has 0 saturated heterocycles. The minimum absolute atomic E-state index is 0.0816. The summed E-state index contributed by atoms with van der Waals surface area (Å²) in [5, 5.41) is 11.6. The molecule has 0 saturated carbocycles. The summed E-state index contributed by atoms with van der Waals surface area (Å²) >= 11 is 0. The Labute approximate surface area is 162 Å². The highest BCUT2D eigenvalue weighted by molar-refractivity contribution is 5.97. The number of nitrogens with two attached hydrogens (primary N) is 1. The maximum atomic E-state index is 13.6. The molecule has 1 atom stereocenters. The van der Waals surface area contributed by atoms with Gasteiger partial charge >= 0.3 is 6.18 Å². The van der Waals surface area contributed by atoms with Gasteiger partial charge in [-0.05, 0) is 35.9 Å². The van der Waals surface area contributed by atoms with Crippen LogP contribution in [0.5, 0.6) is 5.75 Å². The van der Waals surface area contributed by atoms with E-state index in [0.29, 0.717) is 0 Å². The van der Waals surface area contributed by atoms with E-state index in [1.54, 1.807) is 0 Å². The number of nitrogens with zero attached hydrogens (tertiary/aromatic N) is 1. The van der Waals surface area contributed by atoms with Gasteiger partial charge in [0.25, 0.3) is 0 Å². The number of halogens is 4. The van der Waals surface area contributed by atoms with Gasteiger partial charge in [0, 0.05) is 11.8 Å². The summed E-state index contributed by atoms with van der Waals surface area (Å²) in [5.74, 6) is -1.32. The van der Waals surface area contributed by atoms with Gasteiger partial charge in [0.15, 0.2) is 6.23 Å². The van der Waals surface area contributed by atoms with Crippen LogP contribution in [0.15, 0.2) is 59.9 Å². The molecule has 1 aliphatic rings. The Balaban J connectivity index is 1.88. The molecule has 2 heterocycles. The van der Waals surface area contributed by atoms with Crippen molar-refractivity contribution in [1.29, 1.82) is 0 Å². The minimum atomic E-state index is -4.80. The number of hydrogen-bond donors (Lipinski definition) is 3. The molecule has 0 aliphatic carbocycles. The lowest BCUT2D eigenvalue weighted by Gasteiger charge is -2.27. The van der Waals surface area contributed by atoms with E-state index in [9.17, 15) is 27.5 Å². The fourth-order valence-electron chi connectivity index (χ4n) is 2.67. The smallest absolute Gasteiger partial charge is 0.431 e. The van der Waals surface area contributed by atoms with Crippen molar-refractivity contribution in [1.82, 2.24) is 10.3 Å². The summed E-state index contributed by atoms with van der Waals surface area (Å²) in [5.41, 5.74) is 3.33. The largest absolute Gasteiger partial charge is 0.487 e. The van der Waals surface area contributed by atoms with Gasteiger partial charge in [-0.3, -0.25) is 9.78 Å². The molecule has 0 fully saturated rings. The number of primary amides is 1. The number of dihydropyridines is 1. The summed E-state index contributed by atoms with van der Waals surface area (Å²) in [6.07, 6.45) is -4.38. The fourth-order valence-corrected chi connectivity index (χ4v) is 2.67. The fraction of sp³-hybridized carbons (Fsp3) is 0.158. The highest BCUT2D eigenvalue weighted by Gasteiger charge is 2.40. The van der Waals surface area contributed by atoms with Crippen molar-refractivity contribution in [2.24, 2.45) is 5.73 Å². The Bertz CT molecular complexity index is 985. The SMILES string of the molecule is NC(=O)C1=CC(c2ccc(OCc3ncccc3F)cc2)=C(C(F)(F)F)NC1O. The number of benzene rings is 1. The first kappa shape index (κ1) is 20.3. The maximum Gasteiger partial charge on any atom is 0.431 e. The first-order valence-electron chi connectivity index (χ1n) is 8.27. The number of aliphatic hydroxyl groups excluding tert-OH is 1. The minimum Gasteiger partial charge on any atom is -0.487 e. The van der Waals surface area contributed by atoms with Crippen molar-refractivity contribution < 1.29 is 32.2 Å². The molecule has 0 radical (unpaired) electrons. The number of rotatable bonds is 5. The van der Waals surface area contributed by atoms with E-state index in [0.717, 1.165) is 6.08 Å². The maximum absolute atomic E-state index is 13.6. The third kappa shape index (κ3) is 4.54. The van der Waals surface area contributed by atoms with Crippen LogP contribution in [0.3, 0.4) is 0 Å². The van der Waals surface area contributed by atoms with Gasteiger partial charge in [-0.2, -0.15) is 13.2 Å². The molecular formula is C19H15F4N3O3. The molecule has 10 heteroatoms. The van der Waals surface area contributed by atoms with Crippen LogP contribution in [0.1, 0.15) is 11.3 Å². The highest BCUT2D eigenvalue weighted by Crippen LogP contribution is 2.35. The molecule has 4 N–H and O–H groups in total. The third-order valence-electron chi connectivity index (χ3n) is 4.09. The molecule has 1 aliphatic heterocycles. The van der Waals surface area contributed by atoms with Crippen LogP contribution in [0.4, 0.5) is 17.6 Å². The van der Waals surface area contributed by atoms with Crippen molar-refractivity contribution in [2.45, 2.75) is 19.0 Å². The lowest BCUT2D eigenvalue weighted by molar-refractivity contribution is -0.117. The predicted molar refractivity (Wildman–Crippen MR) is 94.4 cm³/mol. The second-order valence-corrected chi connectivity index (χ2v) is 6.04. The Morgan fingerprint density at radius 1 is 1.24 bits per heavy atom. The summed E-state index contributed by atoms with van der Waals surface area (Å²) < 4.78 is 59.0. The molecule has 1 aromatic heterocycles. The van der Waals surface area contributed by atoms with E-state index in [1.165, 1.54) is 42.6 Å². The van der Waals surface area contributed by atoms with Crippen LogP contribution in [-0.2, 0) is 11.4 Å². The monoisotopic (exact) mass is 409 g/mol. The summed E-state index contributed by atoms with van der Waals surface area (Å²) in [6.45, 7) is -0.165. The molecule has 152 valence electrons. The topological polar surface area (TPSA) is 97.5 Å². The molecule has 0 spiro atoms. The van der Waals surface area contributed by atoms with Gasteiger partial charge < -0.3 is 20.9 Å². The molecule has 0 bridgehead atoms. The number of aliphatic hydroxyl groups is 1. The average Bonchev–Trinajstić information content (AvgIpc) is 2.67. The first-order chi connectivity index (χ1) is 13.7. The van der Waals surface area contributed by atoms with Gasteiger partial charge in [-0.25, -0.2) is 4.39 Å². The number of hydrogen-bond acceptors (Lipinski definition) is 5. The van der Waals surface area contributed by atoms with Crippen LogP contribution >= 0.6 is 0 Å². The molecule has 6 nitrogen and oxygen atoms in total. The van der Waals surface area contributed by atoms with Crippen molar-refractivity contribution in [3.63, 3.8) is 0 Å². The number of carbonyl (C=O) groups is 1. The molecule has 2 aromatic rings. The Kier molecular flexibility index (Phi) is 5.55. The number of alkyl halides is 3. The van der Waals surface area contributed by atoms with Gasteiger partial charge in [-0.15, -0.1) is 0 Å². The lowest BCUT2D eigenvalue weighted by Crippen LogP contribution is -2.42. The van der Waals surface area contributed by atoms with E-state index in [-0.39, 0.29) is 29.2 Å². The average molecular weight is 409 g/mol. The second-order valence-electron chi connectivity index (χ2n) is 6.04. The summed E-state index contributed by atoms with van der Waals surface area (Å²) in [4.78, 5) is 15.2. The van der Waals surface area contributed by atoms with Crippen molar-refractivity contribution in [3.8, 4) is 5.75 Å². The number of allylic oxidation sites excluding steroid dienone is 3. The number of ether oxygens (including phenoxy) is 1. The summed E-state index contributed by atoms with van der Waals surface area (Å²) in [7, 11) is 0. The van der Waals surface area contributed by atoms with Gasteiger partial charge in [0.1, 0.15) is 29.6 Å². The van der Waals surface area contributed by atoms with Crippen LogP contribution < -0.4 is 15.8 Å². The zero-order valence-corrected chi connectivity index (χ0v) is 14.7. The molecule has 29 heavy (non-hydrogen) atoms. The molecule has 1 aromatic carbocycles. The van der Waals surface area contributed by atoms with Crippen LogP contribution in [0.2, 0.25) is 0 Å². The van der Waals surface area contributed by atoms with Crippen LogP contribution in [-0.4, -0.2) is 28.4 Å². The Morgan fingerprint density at radius 3 is 2.52 bits per heavy atom. The van der Waals surface area contributed by atoms with E-state index >= 15 is 0 Å². The van der Waals surface area contributed by atoms with Gasteiger partial charge in [-0.1, -0.05) is 12.1 Å². The molecule has 1 unspecified atom stereocenters. The van der Waals surface area contributed by atoms with Crippen molar-refractivity contribution in [2.75, 3.05) is 0 Å². The Hall–Kier alpha value is -3.40. The standard InChI is InChI=1S/C19H15F4N3O3/c20-14-2-1-7-25-15(14)9-29-11-5-3-10(4-6-11)12-8-13(17(24)27)18(28)26-16(12)19(21,22)23/h1-8,18,26,28H,9H2,(H2,24,27). The molecule has 3 rings (SSSR count). The van der Waals surface area contributed by atoms with E-state index in [4.69, 9.17) is 10.5 Å².